The van der Waals surface area contributed by atoms with Crippen molar-refractivity contribution in [3.05, 3.63) is 35.4 Å². The van der Waals surface area contributed by atoms with Crippen LogP contribution in [0.1, 0.15) is 81.8 Å². The number of aliphatic carboxylic acids is 1. The van der Waals surface area contributed by atoms with E-state index in [4.69, 9.17) is 9.84 Å². The topological polar surface area (TPSA) is 125 Å². The van der Waals surface area contributed by atoms with E-state index in [1.807, 2.05) is 24.3 Å². The average Bonchev–Trinajstić information content (AvgIpc) is 3.52. The zero-order chi connectivity index (χ0) is 26.9. The number of ether oxygens (including phenoxy) is 1. The number of carboxylic acids is 1. The number of aliphatic hydroxyl groups excluding tert-OH is 1. The third-order valence-electron chi connectivity index (χ3n) is 8.72. The number of nitrogens with one attached hydrogen (secondary N) is 2. The van der Waals surface area contributed by atoms with Crippen LogP contribution in [0.5, 0.6) is 0 Å². The summed E-state index contributed by atoms with van der Waals surface area (Å²) in [5.41, 5.74) is 1.81. The summed E-state index contributed by atoms with van der Waals surface area (Å²) in [6, 6.07) is 6.61. The lowest BCUT2D eigenvalue weighted by Gasteiger charge is -2.28. The first-order chi connectivity index (χ1) is 18.4. The predicted molar refractivity (Wildman–Crippen MR) is 143 cm³/mol. The third kappa shape index (κ3) is 7.79. The molecule has 0 aromatic heterocycles. The summed E-state index contributed by atoms with van der Waals surface area (Å²) in [4.78, 5) is 37.1. The van der Waals surface area contributed by atoms with Crippen molar-refractivity contribution in [2.75, 3.05) is 13.2 Å². The highest BCUT2D eigenvalue weighted by molar-refractivity contribution is 5.89. The van der Waals surface area contributed by atoms with Gasteiger partial charge in [-0.25, -0.2) is 0 Å². The van der Waals surface area contributed by atoms with E-state index in [2.05, 4.69) is 10.6 Å². The Labute approximate surface area is 225 Å². The van der Waals surface area contributed by atoms with Crippen molar-refractivity contribution in [1.82, 2.24) is 10.6 Å². The highest BCUT2D eigenvalue weighted by atomic mass is 16.5. The summed E-state index contributed by atoms with van der Waals surface area (Å²) >= 11 is 0. The fourth-order valence-electron chi connectivity index (χ4n) is 6.74. The van der Waals surface area contributed by atoms with Crippen molar-refractivity contribution in [2.45, 2.75) is 102 Å². The molecule has 3 aliphatic rings. The number of aliphatic hydroxyl groups is 1. The van der Waals surface area contributed by atoms with Crippen LogP contribution in [0, 0.1) is 17.8 Å². The Kier molecular flexibility index (Phi) is 10.6. The Morgan fingerprint density at radius 2 is 1.74 bits per heavy atom. The van der Waals surface area contributed by atoms with Gasteiger partial charge in [-0.2, -0.15) is 0 Å². The van der Waals surface area contributed by atoms with Crippen molar-refractivity contribution in [3.8, 4) is 0 Å². The molecular formula is C30H44N2O6. The number of hydrogen-bond acceptors (Lipinski definition) is 5. The summed E-state index contributed by atoms with van der Waals surface area (Å²) < 4.78 is 6.10. The highest BCUT2D eigenvalue weighted by Crippen LogP contribution is 2.45. The van der Waals surface area contributed by atoms with Crippen molar-refractivity contribution < 1.29 is 29.3 Å². The van der Waals surface area contributed by atoms with Gasteiger partial charge in [0.25, 0.3) is 0 Å². The number of carbonyl (C=O) groups is 3. The molecule has 8 heteroatoms. The Hall–Kier alpha value is -2.45. The van der Waals surface area contributed by atoms with Crippen LogP contribution in [0.2, 0.25) is 0 Å². The fraction of sp³-hybridized carbons (Fsp3) is 0.700. The second-order valence-corrected chi connectivity index (χ2v) is 11.4. The molecule has 0 spiro atoms. The molecule has 8 nitrogen and oxygen atoms in total. The number of carboxylic acid groups (broad SMARTS) is 1. The van der Waals surface area contributed by atoms with Crippen molar-refractivity contribution in [2.24, 2.45) is 17.8 Å². The maximum atomic E-state index is 13.3. The molecule has 1 saturated carbocycles. The van der Waals surface area contributed by atoms with E-state index in [0.717, 1.165) is 55.6 Å². The zero-order valence-corrected chi connectivity index (χ0v) is 22.4. The second kappa shape index (κ2) is 14.1. The number of amides is 2. The van der Waals surface area contributed by atoms with Gasteiger partial charge in [0.1, 0.15) is 6.04 Å². The van der Waals surface area contributed by atoms with Gasteiger partial charge in [-0.15, -0.1) is 0 Å². The quantitative estimate of drug-likeness (QED) is 0.274. The van der Waals surface area contributed by atoms with Crippen LogP contribution in [0.25, 0.3) is 0 Å². The van der Waals surface area contributed by atoms with E-state index in [-0.39, 0.29) is 42.3 Å². The summed E-state index contributed by atoms with van der Waals surface area (Å²) in [6.07, 6.45) is 13.0. The molecule has 1 aliphatic carbocycles. The summed E-state index contributed by atoms with van der Waals surface area (Å²) in [5.74, 6) is -0.924. The standard InChI is InChI=1S/C30H44N2O6/c33-19-24(29(36)31-16-5-4-9-20-7-2-1-3-8-20)32-30(37)28-23(25-14-15-26(28)38-25)13-12-21-10-6-11-22(17-21)18-27(34)35/h6,10-11,17,20,23-26,28,33H,1-5,7-9,12-16,18-19H2,(H,31,36)(H,32,37)(H,34,35)/t23-,24?,25-,26+,28-/m0/s1. The van der Waals surface area contributed by atoms with E-state index < -0.39 is 18.6 Å². The van der Waals surface area contributed by atoms with E-state index in [9.17, 15) is 19.5 Å². The maximum Gasteiger partial charge on any atom is 0.307 e. The van der Waals surface area contributed by atoms with Gasteiger partial charge in [-0.05, 0) is 55.1 Å². The van der Waals surface area contributed by atoms with Crippen molar-refractivity contribution in [1.29, 1.82) is 0 Å². The van der Waals surface area contributed by atoms with Crippen molar-refractivity contribution in [3.63, 3.8) is 0 Å². The van der Waals surface area contributed by atoms with Gasteiger partial charge in [0.15, 0.2) is 0 Å². The molecule has 1 aromatic carbocycles. The van der Waals surface area contributed by atoms with Gasteiger partial charge in [-0.1, -0.05) is 69.2 Å². The highest BCUT2D eigenvalue weighted by Gasteiger charge is 2.52. The number of rotatable bonds is 14. The monoisotopic (exact) mass is 528 g/mol. The molecule has 2 saturated heterocycles. The lowest BCUT2D eigenvalue weighted by atomic mass is 9.76. The Morgan fingerprint density at radius 3 is 2.50 bits per heavy atom. The summed E-state index contributed by atoms with van der Waals surface area (Å²) in [5, 5.41) is 24.6. The predicted octanol–water partition coefficient (Wildman–Crippen LogP) is 3.38. The molecule has 2 heterocycles. The van der Waals surface area contributed by atoms with Crippen LogP contribution < -0.4 is 10.6 Å². The molecule has 1 unspecified atom stereocenters. The van der Waals surface area contributed by atoms with Gasteiger partial charge >= 0.3 is 5.97 Å². The lowest BCUT2D eigenvalue weighted by Crippen LogP contribution is -2.52. The second-order valence-electron chi connectivity index (χ2n) is 11.4. The molecule has 2 amide bonds. The molecular weight excluding hydrogens is 484 g/mol. The van der Waals surface area contributed by atoms with Crippen LogP contribution in [0.15, 0.2) is 24.3 Å². The molecule has 38 heavy (non-hydrogen) atoms. The molecule has 2 bridgehead atoms. The van der Waals surface area contributed by atoms with E-state index in [0.29, 0.717) is 6.54 Å². The van der Waals surface area contributed by atoms with Crippen LogP contribution in [0.3, 0.4) is 0 Å². The normalized spacial score (nSPS) is 25.7. The smallest absolute Gasteiger partial charge is 0.307 e. The lowest BCUT2D eigenvalue weighted by molar-refractivity contribution is -0.136. The first-order valence-corrected chi connectivity index (χ1v) is 14.6. The summed E-state index contributed by atoms with van der Waals surface area (Å²) in [6.45, 7) is 0.112. The number of aryl methyl sites for hydroxylation is 1. The van der Waals surface area contributed by atoms with E-state index >= 15 is 0 Å². The van der Waals surface area contributed by atoms with Gasteiger partial charge in [0, 0.05) is 6.54 Å². The van der Waals surface area contributed by atoms with Gasteiger partial charge in [-0.3, -0.25) is 14.4 Å². The molecule has 0 radical (unpaired) electrons. The average molecular weight is 529 g/mol. The molecule has 2 aliphatic heterocycles. The number of hydrogen-bond donors (Lipinski definition) is 4. The van der Waals surface area contributed by atoms with E-state index in [1.165, 1.54) is 38.5 Å². The minimum absolute atomic E-state index is 0.0127. The van der Waals surface area contributed by atoms with Crippen LogP contribution >= 0.6 is 0 Å². The van der Waals surface area contributed by atoms with Crippen LogP contribution in [-0.2, 0) is 32.0 Å². The Morgan fingerprint density at radius 1 is 0.974 bits per heavy atom. The molecule has 4 N–H and O–H groups in total. The molecule has 1 aromatic rings. The Balaban J connectivity index is 1.24. The number of fused-ring (bicyclic) bond motifs is 2. The first kappa shape index (κ1) is 28.6. The number of unbranched alkanes of at least 4 members (excludes halogenated alkanes) is 1. The number of carbonyl (C=O) groups excluding carboxylic acids is 2. The largest absolute Gasteiger partial charge is 0.481 e. The maximum absolute atomic E-state index is 13.3. The molecule has 4 rings (SSSR count). The molecule has 3 fully saturated rings. The fourth-order valence-corrected chi connectivity index (χ4v) is 6.74. The third-order valence-corrected chi connectivity index (χ3v) is 8.72. The minimum Gasteiger partial charge on any atom is -0.481 e. The molecule has 5 atom stereocenters. The van der Waals surface area contributed by atoms with Gasteiger partial charge < -0.3 is 25.6 Å². The first-order valence-electron chi connectivity index (χ1n) is 14.6. The molecule has 210 valence electrons. The van der Waals surface area contributed by atoms with Crippen LogP contribution in [0.4, 0.5) is 0 Å². The zero-order valence-electron chi connectivity index (χ0n) is 22.4. The van der Waals surface area contributed by atoms with Crippen molar-refractivity contribution >= 4 is 17.8 Å². The minimum atomic E-state index is -0.965. The van der Waals surface area contributed by atoms with Gasteiger partial charge in [0.2, 0.25) is 11.8 Å². The number of benzene rings is 1. The van der Waals surface area contributed by atoms with Gasteiger partial charge in [0.05, 0.1) is 31.2 Å². The SMILES string of the molecule is O=C(O)Cc1cccc(CC[C@@H]2[C@H](C(=O)NC(CO)C(=O)NCCCCC3CCCCC3)[C@H]3CC[C@@H]2O3)c1. The van der Waals surface area contributed by atoms with E-state index in [1.54, 1.807) is 0 Å². The van der Waals surface area contributed by atoms with Crippen LogP contribution in [-0.4, -0.2) is 59.4 Å². The Bertz CT molecular complexity index is 946. The summed E-state index contributed by atoms with van der Waals surface area (Å²) in [7, 11) is 0.